The van der Waals surface area contributed by atoms with E-state index in [9.17, 15) is 4.79 Å². The van der Waals surface area contributed by atoms with Crippen LogP contribution in [0.2, 0.25) is 5.02 Å². The highest BCUT2D eigenvalue weighted by Crippen LogP contribution is 2.27. The molecule has 0 aliphatic heterocycles. The lowest BCUT2D eigenvalue weighted by atomic mass is 10.0. The number of rotatable bonds is 1. The summed E-state index contributed by atoms with van der Waals surface area (Å²) in [6, 6.07) is 14.6. The van der Waals surface area contributed by atoms with Crippen LogP contribution in [-0.4, -0.2) is 4.98 Å². The minimum Gasteiger partial charge on any atom is -0.463 e. The summed E-state index contributed by atoms with van der Waals surface area (Å²) in [7, 11) is 0. The molecule has 0 bridgehead atoms. The van der Waals surface area contributed by atoms with Crippen LogP contribution in [0.1, 0.15) is 0 Å². The first kappa shape index (κ1) is 13.0. The van der Waals surface area contributed by atoms with Crippen LogP contribution < -0.4 is 5.43 Å². The molecule has 0 radical (unpaired) electrons. The molecule has 0 amide bonds. The van der Waals surface area contributed by atoms with Crippen molar-refractivity contribution >= 4 is 33.3 Å². The van der Waals surface area contributed by atoms with Crippen LogP contribution in [0, 0.1) is 0 Å². The van der Waals surface area contributed by atoms with Crippen LogP contribution in [0.25, 0.3) is 33.0 Å². The van der Waals surface area contributed by atoms with Gasteiger partial charge in [0.15, 0.2) is 0 Å². The summed E-state index contributed by atoms with van der Waals surface area (Å²) in [6.07, 6.45) is 3.11. The van der Waals surface area contributed by atoms with Gasteiger partial charge < -0.3 is 4.42 Å². The minimum absolute atomic E-state index is 0.104. The van der Waals surface area contributed by atoms with E-state index >= 15 is 0 Å². The fourth-order valence-corrected chi connectivity index (χ4v) is 2.79. The molecule has 0 atom stereocenters. The molecule has 4 heteroatoms. The lowest BCUT2D eigenvalue weighted by Gasteiger charge is -2.05. The molecule has 2 heterocycles. The van der Waals surface area contributed by atoms with Crippen LogP contribution in [-0.2, 0) is 0 Å². The van der Waals surface area contributed by atoms with Crippen molar-refractivity contribution in [1.29, 1.82) is 0 Å². The fraction of sp³-hybridized carbons (Fsp3) is 0. The highest BCUT2D eigenvalue weighted by Gasteiger charge is 2.12. The van der Waals surface area contributed by atoms with E-state index in [1.54, 1.807) is 36.5 Å². The number of hydrogen-bond donors (Lipinski definition) is 0. The maximum Gasteiger partial charge on any atom is 0.202 e. The van der Waals surface area contributed by atoms with E-state index in [0.717, 1.165) is 10.8 Å². The third kappa shape index (κ3) is 1.98. The third-order valence-corrected chi connectivity index (χ3v) is 3.90. The second-order valence-corrected chi connectivity index (χ2v) is 5.43. The molecule has 3 nitrogen and oxygen atoms in total. The number of aromatic nitrogens is 1. The number of halogens is 1. The lowest BCUT2D eigenvalue weighted by Crippen LogP contribution is -2.06. The van der Waals surface area contributed by atoms with Crippen molar-refractivity contribution in [3.8, 4) is 11.3 Å². The van der Waals surface area contributed by atoms with E-state index in [4.69, 9.17) is 16.0 Å². The molecule has 0 saturated heterocycles. The average Bonchev–Trinajstić information content (AvgIpc) is 2.55. The molecule has 4 rings (SSSR count). The van der Waals surface area contributed by atoms with Crippen molar-refractivity contribution in [2.45, 2.75) is 0 Å². The summed E-state index contributed by atoms with van der Waals surface area (Å²) in [5.74, 6) is 0. The smallest absolute Gasteiger partial charge is 0.202 e. The quantitative estimate of drug-likeness (QED) is 0.480. The third-order valence-electron chi connectivity index (χ3n) is 3.66. The highest BCUT2D eigenvalue weighted by molar-refractivity contribution is 6.31. The van der Waals surface area contributed by atoms with E-state index in [1.807, 2.05) is 18.2 Å². The number of benzene rings is 2. The Morgan fingerprint density at radius 2 is 1.91 bits per heavy atom. The molecule has 0 fully saturated rings. The topological polar surface area (TPSA) is 43.1 Å². The minimum atomic E-state index is -0.104. The first-order chi connectivity index (χ1) is 10.7. The summed E-state index contributed by atoms with van der Waals surface area (Å²) in [4.78, 5) is 17.1. The van der Waals surface area contributed by atoms with Crippen LogP contribution in [0.15, 0.2) is 70.2 Å². The Morgan fingerprint density at radius 1 is 1.05 bits per heavy atom. The van der Waals surface area contributed by atoms with Gasteiger partial charge in [-0.2, -0.15) is 0 Å². The molecular weight excluding hydrogens is 298 g/mol. The van der Waals surface area contributed by atoms with Gasteiger partial charge in [-0.05, 0) is 41.1 Å². The molecule has 2 aromatic carbocycles. The number of hydrogen-bond acceptors (Lipinski definition) is 3. The van der Waals surface area contributed by atoms with Gasteiger partial charge in [-0.3, -0.25) is 9.78 Å². The molecular formula is C18H10ClNO2. The van der Waals surface area contributed by atoms with E-state index in [2.05, 4.69) is 4.98 Å². The normalized spacial score (nSPS) is 11.1. The Labute approximate surface area is 130 Å². The zero-order chi connectivity index (χ0) is 15.1. The van der Waals surface area contributed by atoms with Crippen molar-refractivity contribution in [2.24, 2.45) is 0 Å². The van der Waals surface area contributed by atoms with Crippen molar-refractivity contribution in [2.75, 3.05) is 0 Å². The maximum atomic E-state index is 12.9. The van der Waals surface area contributed by atoms with Gasteiger partial charge in [0.25, 0.3) is 0 Å². The fourth-order valence-electron chi connectivity index (χ4n) is 2.61. The average molecular weight is 308 g/mol. The van der Waals surface area contributed by atoms with Gasteiger partial charge in [0.05, 0.1) is 16.6 Å². The van der Waals surface area contributed by atoms with Gasteiger partial charge >= 0.3 is 0 Å². The second kappa shape index (κ2) is 4.97. The van der Waals surface area contributed by atoms with Gasteiger partial charge in [0.2, 0.25) is 5.43 Å². The van der Waals surface area contributed by atoms with Gasteiger partial charge in [0, 0.05) is 11.2 Å². The monoisotopic (exact) mass is 307 g/mol. The Morgan fingerprint density at radius 3 is 2.73 bits per heavy atom. The molecule has 106 valence electrons. The largest absolute Gasteiger partial charge is 0.463 e. The first-order valence-electron chi connectivity index (χ1n) is 6.79. The predicted molar refractivity (Wildman–Crippen MR) is 88.2 cm³/mol. The van der Waals surface area contributed by atoms with Crippen LogP contribution in [0.5, 0.6) is 0 Å². The summed E-state index contributed by atoms with van der Waals surface area (Å²) in [5, 5.41) is 2.85. The maximum absolute atomic E-state index is 12.9. The van der Waals surface area contributed by atoms with Gasteiger partial charge in [0.1, 0.15) is 11.8 Å². The van der Waals surface area contributed by atoms with E-state index in [-0.39, 0.29) is 5.43 Å². The Bertz CT molecular complexity index is 1060. The molecule has 0 aliphatic rings. The first-order valence-corrected chi connectivity index (χ1v) is 7.17. The van der Waals surface area contributed by atoms with Gasteiger partial charge in [-0.25, -0.2) is 0 Å². The summed E-state index contributed by atoms with van der Waals surface area (Å²) >= 11 is 6.08. The molecule has 2 aromatic heterocycles. The van der Waals surface area contributed by atoms with Crippen LogP contribution in [0.4, 0.5) is 0 Å². The zero-order valence-corrected chi connectivity index (χ0v) is 12.2. The second-order valence-electron chi connectivity index (χ2n) is 5.00. The van der Waals surface area contributed by atoms with Crippen LogP contribution >= 0.6 is 11.6 Å². The number of fused-ring (bicyclic) bond motifs is 3. The molecule has 0 saturated carbocycles. The highest BCUT2D eigenvalue weighted by atomic mass is 35.5. The lowest BCUT2D eigenvalue weighted by molar-refractivity contribution is 0.605. The zero-order valence-electron chi connectivity index (χ0n) is 11.4. The molecule has 0 spiro atoms. The standard InChI is InChI=1S/C18H10ClNO2/c19-12-6-4-11-5-7-16-17(13(11)9-12)18(21)14(10-22-16)15-3-1-2-8-20-15/h1-10H. The Balaban J connectivity index is 2.16. The summed E-state index contributed by atoms with van der Waals surface area (Å²) in [6.45, 7) is 0. The van der Waals surface area contributed by atoms with Gasteiger partial charge in [-0.15, -0.1) is 0 Å². The number of nitrogens with zero attached hydrogens (tertiary/aromatic N) is 1. The van der Waals surface area contributed by atoms with E-state index in [1.165, 1.54) is 6.26 Å². The molecule has 0 N–H and O–H groups in total. The number of pyridine rings is 1. The van der Waals surface area contributed by atoms with E-state index < -0.39 is 0 Å². The van der Waals surface area contributed by atoms with Crippen molar-refractivity contribution in [1.82, 2.24) is 4.98 Å². The molecule has 4 aromatic rings. The molecule has 22 heavy (non-hydrogen) atoms. The summed E-state index contributed by atoms with van der Waals surface area (Å²) < 4.78 is 5.64. The van der Waals surface area contributed by atoms with E-state index in [0.29, 0.717) is 27.2 Å². The summed E-state index contributed by atoms with van der Waals surface area (Å²) in [5.41, 5.74) is 1.48. The van der Waals surface area contributed by atoms with Gasteiger partial charge in [-0.1, -0.05) is 29.8 Å². The van der Waals surface area contributed by atoms with Crippen molar-refractivity contribution in [3.63, 3.8) is 0 Å². The van der Waals surface area contributed by atoms with Crippen molar-refractivity contribution in [3.05, 3.63) is 76.2 Å². The molecule has 0 aliphatic carbocycles. The van der Waals surface area contributed by atoms with Crippen LogP contribution in [0.3, 0.4) is 0 Å². The Hall–Kier alpha value is -2.65. The van der Waals surface area contributed by atoms with Crippen molar-refractivity contribution < 1.29 is 4.42 Å². The predicted octanol–water partition coefficient (Wildman–Crippen LogP) is 4.66. The SMILES string of the molecule is O=c1c(-c2ccccn2)coc2ccc3ccc(Cl)cc3c12. The molecule has 0 unspecified atom stereocenters. The Kier molecular flexibility index (Phi) is 2.94.